The number of fused-ring (bicyclic) bond motifs is 1. The SMILES string of the molecule is Cc1ccc(Nc2cc(=O)n(C)c3c2c(=O)n(-c2ccccc2)c(=O)n3-c2ccccc2)cc1. The van der Waals surface area contributed by atoms with Gasteiger partial charge < -0.3 is 5.32 Å². The van der Waals surface area contributed by atoms with Gasteiger partial charge in [0.25, 0.3) is 11.1 Å². The highest BCUT2D eigenvalue weighted by molar-refractivity contribution is 5.91. The molecule has 5 rings (SSSR count). The Morgan fingerprint density at radius 3 is 1.85 bits per heavy atom. The van der Waals surface area contributed by atoms with Gasteiger partial charge in [-0.15, -0.1) is 0 Å². The molecule has 7 nitrogen and oxygen atoms in total. The van der Waals surface area contributed by atoms with E-state index < -0.39 is 11.2 Å². The summed E-state index contributed by atoms with van der Waals surface area (Å²) in [6, 6.07) is 26.8. The Hall–Kier alpha value is -4.65. The lowest BCUT2D eigenvalue weighted by Gasteiger charge is -2.19. The normalized spacial score (nSPS) is 11.0. The summed E-state index contributed by atoms with van der Waals surface area (Å²) < 4.78 is 3.88. The van der Waals surface area contributed by atoms with Crippen LogP contribution in [0.4, 0.5) is 11.4 Å². The highest BCUT2D eigenvalue weighted by atomic mass is 16.2. The summed E-state index contributed by atoms with van der Waals surface area (Å²) in [6.45, 7) is 1.98. The molecule has 5 aromatic rings. The second-order valence-electron chi connectivity index (χ2n) is 8.07. The van der Waals surface area contributed by atoms with Gasteiger partial charge >= 0.3 is 5.69 Å². The fraction of sp³-hybridized carbons (Fsp3) is 0.0741. The lowest BCUT2D eigenvalue weighted by molar-refractivity contribution is 0.784. The van der Waals surface area contributed by atoms with Gasteiger partial charge in [-0.05, 0) is 43.3 Å². The molecule has 0 saturated heterocycles. The predicted molar refractivity (Wildman–Crippen MR) is 135 cm³/mol. The van der Waals surface area contributed by atoms with Gasteiger partial charge in [-0.25, -0.2) is 13.9 Å². The summed E-state index contributed by atoms with van der Waals surface area (Å²) in [7, 11) is 1.56. The molecule has 0 atom stereocenters. The Morgan fingerprint density at radius 1 is 0.706 bits per heavy atom. The average Bonchev–Trinajstić information content (AvgIpc) is 2.85. The van der Waals surface area contributed by atoms with E-state index in [1.54, 1.807) is 55.6 Å². The van der Waals surface area contributed by atoms with Gasteiger partial charge in [0, 0.05) is 18.8 Å². The smallest absolute Gasteiger partial charge is 0.341 e. The zero-order chi connectivity index (χ0) is 23.8. The highest BCUT2D eigenvalue weighted by Crippen LogP contribution is 2.24. The first kappa shape index (κ1) is 21.2. The van der Waals surface area contributed by atoms with Gasteiger partial charge in [0.2, 0.25) is 0 Å². The van der Waals surface area contributed by atoms with E-state index in [-0.39, 0.29) is 16.6 Å². The molecule has 0 unspecified atom stereocenters. The number of nitrogens with one attached hydrogen (secondary N) is 1. The van der Waals surface area contributed by atoms with Crippen molar-refractivity contribution in [2.45, 2.75) is 6.92 Å². The second kappa shape index (κ2) is 8.37. The summed E-state index contributed by atoms with van der Waals surface area (Å²) in [5.74, 6) is 0. The molecule has 34 heavy (non-hydrogen) atoms. The Morgan fingerprint density at radius 2 is 1.26 bits per heavy atom. The average molecular weight is 450 g/mol. The topological polar surface area (TPSA) is 78.0 Å². The molecule has 0 fully saturated rings. The van der Waals surface area contributed by atoms with E-state index in [0.717, 1.165) is 15.8 Å². The molecule has 0 bridgehead atoms. The van der Waals surface area contributed by atoms with Crippen molar-refractivity contribution in [2.75, 3.05) is 5.32 Å². The van der Waals surface area contributed by atoms with Gasteiger partial charge in [0.05, 0.1) is 17.1 Å². The molecule has 0 spiro atoms. The largest absolute Gasteiger partial charge is 0.355 e. The number of rotatable bonds is 4. The lowest BCUT2D eigenvalue weighted by Crippen LogP contribution is -2.40. The quantitative estimate of drug-likeness (QED) is 0.451. The van der Waals surface area contributed by atoms with Crippen LogP contribution in [0.1, 0.15) is 5.56 Å². The first-order valence-corrected chi connectivity index (χ1v) is 10.8. The molecule has 0 radical (unpaired) electrons. The number of para-hydroxylation sites is 2. The molecule has 1 N–H and O–H groups in total. The van der Waals surface area contributed by atoms with E-state index in [1.807, 2.05) is 43.3 Å². The Labute approximate surface area is 194 Å². The minimum atomic E-state index is -0.558. The molecule has 7 heteroatoms. The standard InChI is InChI=1S/C27H22N4O3/c1-18-13-15-19(16-14-18)28-22-17-23(32)29(2)25-24(22)26(33)31(21-11-7-4-8-12-21)27(34)30(25)20-9-5-3-6-10-20/h3-17,28H,1-2H3. The molecule has 0 aliphatic heterocycles. The van der Waals surface area contributed by atoms with Gasteiger partial charge in [-0.1, -0.05) is 54.1 Å². The zero-order valence-electron chi connectivity index (χ0n) is 18.7. The van der Waals surface area contributed by atoms with Gasteiger partial charge in [-0.2, -0.15) is 0 Å². The number of nitrogens with zero attached hydrogens (tertiary/aromatic N) is 3. The van der Waals surface area contributed by atoms with Crippen LogP contribution >= 0.6 is 0 Å². The lowest BCUT2D eigenvalue weighted by atomic mass is 10.2. The number of aryl methyl sites for hydroxylation is 2. The molecular weight excluding hydrogens is 428 g/mol. The molecule has 0 saturated carbocycles. The first-order valence-electron chi connectivity index (χ1n) is 10.8. The Balaban J connectivity index is 1.95. The number of aromatic nitrogens is 3. The number of anilines is 2. The number of benzene rings is 3. The third-order valence-corrected chi connectivity index (χ3v) is 5.78. The fourth-order valence-corrected chi connectivity index (χ4v) is 4.05. The van der Waals surface area contributed by atoms with Gasteiger partial charge in [0.1, 0.15) is 11.0 Å². The summed E-state index contributed by atoms with van der Waals surface area (Å²) in [5.41, 5.74) is 1.94. The van der Waals surface area contributed by atoms with Crippen LogP contribution in [0.15, 0.2) is 105 Å². The molecule has 2 aromatic heterocycles. The third kappa shape index (κ3) is 3.53. The number of hydrogen-bond donors (Lipinski definition) is 1. The monoisotopic (exact) mass is 450 g/mol. The van der Waals surface area contributed by atoms with Crippen molar-refractivity contribution in [3.63, 3.8) is 0 Å². The maximum Gasteiger partial charge on any atom is 0.341 e. The van der Waals surface area contributed by atoms with Crippen molar-refractivity contribution in [3.05, 3.63) is 128 Å². The maximum atomic E-state index is 13.9. The van der Waals surface area contributed by atoms with Crippen LogP contribution in [0.3, 0.4) is 0 Å². The van der Waals surface area contributed by atoms with E-state index in [4.69, 9.17) is 0 Å². The second-order valence-corrected chi connectivity index (χ2v) is 8.07. The Kier molecular flexibility index (Phi) is 5.22. The van der Waals surface area contributed by atoms with E-state index in [0.29, 0.717) is 17.1 Å². The summed E-state index contributed by atoms with van der Waals surface area (Å²) in [5, 5.41) is 3.45. The van der Waals surface area contributed by atoms with E-state index >= 15 is 0 Å². The summed E-state index contributed by atoms with van der Waals surface area (Å²) >= 11 is 0. The van der Waals surface area contributed by atoms with Crippen LogP contribution in [-0.4, -0.2) is 13.7 Å². The fourth-order valence-electron chi connectivity index (χ4n) is 4.05. The van der Waals surface area contributed by atoms with E-state index in [2.05, 4.69) is 5.32 Å². The molecule has 0 aliphatic rings. The van der Waals surface area contributed by atoms with Crippen molar-refractivity contribution in [3.8, 4) is 11.4 Å². The van der Waals surface area contributed by atoms with Crippen molar-refractivity contribution in [1.82, 2.24) is 13.7 Å². The Bertz CT molecular complexity index is 1680. The minimum Gasteiger partial charge on any atom is -0.355 e. The first-order chi connectivity index (χ1) is 16.5. The van der Waals surface area contributed by atoms with Gasteiger partial charge in [0.15, 0.2) is 0 Å². The summed E-state index contributed by atoms with van der Waals surface area (Å²) in [6.07, 6.45) is 0. The van der Waals surface area contributed by atoms with Gasteiger partial charge in [-0.3, -0.25) is 14.2 Å². The number of hydrogen-bond acceptors (Lipinski definition) is 4. The van der Waals surface area contributed by atoms with Crippen LogP contribution in [-0.2, 0) is 7.05 Å². The van der Waals surface area contributed by atoms with Crippen LogP contribution in [0.25, 0.3) is 22.4 Å². The van der Waals surface area contributed by atoms with E-state index in [9.17, 15) is 14.4 Å². The minimum absolute atomic E-state index is 0.218. The highest BCUT2D eigenvalue weighted by Gasteiger charge is 2.21. The summed E-state index contributed by atoms with van der Waals surface area (Å²) in [4.78, 5) is 40.6. The molecule has 0 aliphatic carbocycles. The van der Waals surface area contributed by atoms with Crippen molar-refractivity contribution in [2.24, 2.45) is 7.05 Å². The third-order valence-electron chi connectivity index (χ3n) is 5.78. The number of pyridine rings is 1. The predicted octanol–water partition coefficient (Wildman–Crippen LogP) is 3.89. The zero-order valence-corrected chi connectivity index (χ0v) is 18.7. The molecule has 2 heterocycles. The molecule has 3 aromatic carbocycles. The van der Waals surface area contributed by atoms with Crippen LogP contribution in [0.5, 0.6) is 0 Å². The van der Waals surface area contributed by atoms with Crippen LogP contribution < -0.4 is 22.1 Å². The van der Waals surface area contributed by atoms with Crippen molar-refractivity contribution >= 4 is 22.4 Å². The maximum absolute atomic E-state index is 13.9. The van der Waals surface area contributed by atoms with Crippen LogP contribution in [0.2, 0.25) is 0 Å². The molecule has 0 amide bonds. The molecule has 168 valence electrons. The van der Waals surface area contributed by atoms with Crippen molar-refractivity contribution in [1.29, 1.82) is 0 Å². The van der Waals surface area contributed by atoms with Crippen molar-refractivity contribution < 1.29 is 0 Å². The van der Waals surface area contributed by atoms with Crippen LogP contribution in [0, 0.1) is 6.92 Å². The molecular formula is C27H22N4O3. The van der Waals surface area contributed by atoms with E-state index in [1.165, 1.54) is 15.2 Å².